The van der Waals surface area contributed by atoms with Crippen LogP contribution in [0.5, 0.6) is 5.75 Å². The number of benzene rings is 3. The van der Waals surface area contributed by atoms with Crippen molar-refractivity contribution in [3.05, 3.63) is 89.7 Å². The topological polar surface area (TPSA) is 79.0 Å². The zero-order valence-electron chi connectivity index (χ0n) is 21.7. The van der Waals surface area contributed by atoms with Crippen molar-refractivity contribution in [3.63, 3.8) is 0 Å². The number of halogens is 1. The van der Waals surface area contributed by atoms with Gasteiger partial charge in [0.2, 0.25) is 5.91 Å². The fourth-order valence-electron chi connectivity index (χ4n) is 4.68. The molecule has 1 aliphatic rings. The summed E-state index contributed by atoms with van der Waals surface area (Å²) in [7, 11) is 1.60. The number of ketones is 1. The molecular weight excluding hydrogens is 485 g/mol. The van der Waals surface area contributed by atoms with Crippen molar-refractivity contribution in [1.29, 1.82) is 0 Å². The van der Waals surface area contributed by atoms with Gasteiger partial charge in [-0.2, -0.15) is 0 Å². The van der Waals surface area contributed by atoms with Crippen LogP contribution in [0.4, 0.5) is 15.8 Å². The average molecular weight is 518 g/mol. The summed E-state index contributed by atoms with van der Waals surface area (Å²) in [5, 5.41) is 2.71. The Morgan fingerprint density at radius 3 is 2.11 bits per heavy atom. The minimum Gasteiger partial charge on any atom is -0.497 e. The first-order valence-corrected chi connectivity index (χ1v) is 12.7. The number of hydrogen-bond acceptors (Lipinski definition) is 5. The van der Waals surface area contributed by atoms with Crippen LogP contribution in [0.1, 0.15) is 40.5 Å². The Morgan fingerprint density at radius 2 is 1.53 bits per heavy atom. The maximum absolute atomic E-state index is 13.5. The molecule has 0 bridgehead atoms. The number of piperidine rings is 1. The molecule has 3 aromatic rings. The summed E-state index contributed by atoms with van der Waals surface area (Å²) in [5.41, 5.74) is 2.44. The molecule has 3 aromatic carbocycles. The molecule has 4 rings (SSSR count). The Morgan fingerprint density at radius 1 is 0.921 bits per heavy atom. The SMILES string of the molecule is COc1ccc(N(CCN2CCC(C(=O)c3ccc(F)cc3)CC2)C(=O)c2ccc(NC(C)=O)cc2)cc1. The summed E-state index contributed by atoms with van der Waals surface area (Å²) in [6, 6.07) is 19.9. The van der Waals surface area contributed by atoms with Gasteiger partial charge in [-0.15, -0.1) is 0 Å². The van der Waals surface area contributed by atoms with Crippen molar-refractivity contribution in [1.82, 2.24) is 4.90 Å². The van der Waals surface area contributed by atoms with Gasteiger partial charge in [0.15, 0.2) is 5.78 Å². The Labute approximate surface area is 222 Å². The molecular formula is C30H32FN3O4. The summed E-state index contributed by atoms with van der Waals surface area (Å²) in [4.78, 5) is 41.7. The van der Waals surface area contributed by atoms with E-state index in [1.807, 2.05) is 24.3 Å². The molecule has 1 aliphatic heterocycles. The Hall–Kier alpha value is -4.04. The Kier molecular flexibility index (Phi) is 8.86. The van der Waals surface area contributed by atoms with Crippen LogP contribution < -0.4 is 15.0 Å². The lowest BCUT2D eigenvalue weighted by Gasteiger charge is -2.33. The highest BCUT2D eigenvalue weighted by atomic mass is 19.1. The van der Waals surface area contributed by atoms with Crippen molar-refractivity contribution in [2.24, 2.45) is 5.92 Å². The van der Waals surface area contributed by atoms with E-state index in [9.17, 15) is 18.8 Å². The lowest BCUT2D eigenvalue weighted by molar-refractivity contribution is -0.114. The number of nitrogens with one attached hydrogen (secondary N) is 1. The number of amides is 2. The van der Waals surface area contributed by atoms with Gasteiger partial charge in [-0.3, -0.25) is 14.4 Å². The summed E-state index contributed by atoms with van der Waals surface area (Å²) >= 11 is 0. The van der Waals surface area contributed by atoms with Crippen LogP contribution in [0.15, 0.2) is 72.8 Å². The molecule has 1 saturated heterocycles. The van der Waals surface area contributed by atoms with E-state index in [0.29, 0.717) is 35.7 Å². The number of rotatable bonds is 9. The molecule has 0 spiro atoms. The van der Waals surface area contributed by atoms with Crippen LogP contribution in [-0.4, -0.2) is 55.8 Å². The maximum atomic E-state index is 13.5. The molecule has 0 aliphatic carbocycles. The van der Waals surface area contributed by atoms with Crippen molar-refractivity contribution < 1.29 is 23.5 Å². The molecule has 0 atom stereocenters. The molecule has 0 radical (unpaired) electrons. The summed E-state index contributed by atoms with van der Waals surface area (Å²) < 4.78 is 18.5. The number of anilines is 2. The average Bonchev–Trinajstić information content (AvgIpc) is 2.94. The van der Waals surface area contributed by atoms with E-state index in [-0.39, 0.29) is 29.3 Å². The van der Waals surface area contributed by atoms with E-state index >= 15 is 0 Å². The fourth-order valence-corrected chi connectivity index (χ4v) is 4.68. The minimum atomic E-state index is -0.351. The largest absolute Gasteiger partial charge is 0.497 e. The van der Waals surface area contributed by atoms with E-state index < -0.39 is 0 Å². The molecule has 0 saturated carbocycles. The predicted molar refractivity (Wildman–Crippen MR) is 145 cm³/mol. The molecule has 1 heterocycles. The van der Waals surface area contributed by atoms with E-state index in [4.69, 9.17) is 4.74 Å². The quantitative estimate of drug-likeness (QED) is 0.403. The normalized spacial score (nSPS) is 14.1. The van der Waals surface area contributed by atoms with Gasteiger partial charge in [0.1, 0.15) is 11.6 Å². The number of ether oxygens (including phenoxy) is 1. The third-order valence-electron chi connectivity index (χ3n) is 6.81. The minimum absolute atomic E-state index is 0.0578. The standard InChI is InChI=1S/C30H32FN3O4/c1-21(35)32-26-9-5-24(6-10-26)30(37)34(27-11-13-28(38-2)14-12-27)20-19-33-17-15-23(16-18-33)29(36)22-3-7-25(31)8-4-22/h3-14,23H,15-20H2,1-2H3,(H,32,35). The molecule has 0 unspecified atom stereocenters. The van der Waals surface area contributed by atoms with E-state index in [1.54, 1.807) is 48.4 Å². The molecule has 1 N–H and O–H groups in total. The molecule has 1 fully saturated rings. The van der Waals surface area contributed by atoms with Gasteiger partial charge < -0.3 is 19.9 Å². The van der Waals surface area contributed by atoms with Crippen molar-refractivity contribution in [3.8, 4) is 5.75 Å². The van der Waals surface area contributed by atoms with E-state index in [1.165, 1.54) is 19.1 Å². The number of hydrogen-bond donors (Lipinski definition) is 1. The molecule has 38 heavy (non-hydrogen) atoms. The number of Topliss-reactive ketones (excluding diaryl/α,β-unsaturated/α-hetero) is 1. The number of carbonyl (C=O) groups is 3. The smallest absolute Gasteiger partial charge is 0.258 e. The van der Waals surface area contributed by atoms with Gasteiger partial charge in [-0.25, -0.2) is 4.39 Å². The summed E-state index contributed by atoms with van der Waals surface area (Å²) in [6.45, 7) is 4.04. The van der Waals surface area contributed by atoms with Crippen molar-refractivity contribution in [2.75, 3.05) is 43.5 Å². The molecule has 7 nitrogen and oxygen atoms in total. The third-order valence-corrected chi connectivity index (χ3v) is 6.81. The van der Waals surface area contributed by atoms with Crippen LogP contribution in [-0.2, 0) is 4.79 Å². The molecule has 8 heteroatoms. The monoisotopic (exact) mass is 517 g/mol. The van der Waals surface area contributed by atoms with Gasteiger partial charge in [-0.1, -0.05) is 0 Å². The predicted octanol–water partition coefficient (Wildman–Crippen LogP) is 5.03. The van der Waals surface area contributed by atoms with Crippen molar-refractivity contribution >= 4 is 29.0 Å². The van der Waals surface area contributed by atoms with Gasteiger partial charge >= 0.3 is 0 Å². The van der Waals surface area contributed by atoms with Crippen LogP contribution in [0.25, 0.3) is 0 Å². The lowest BCUT2D eigenvalue weighted by Crippen LogP contribution is -2.42. The number of methoxy groups -OCH3 is 1. The van der Waals surface area contributed by atoms with Crippen molar-refractivity contribution in [2.45, 2.75) is 19.8 Å². The molecule has 0 aromatic heterocycles. The highest BCUT2D eigenvalue weighted by molar-refractivity contribution is 6.06. The van der Waals surface area contributed by atoms with Crippen LogP contribution in [0.2, 0.25) is 0 Å². The third kappa shape index (κ3) is 6.83. The second kappa shape index (κ2) is 12.5. The Balaban J connectivity index is 1.41. The number of likely N-dealkylation sites (tertiary alicyclic amines) is 1. The van der Waals surface area contributed by atoms with Gasteiger partial charge in [0.25, 0.3) is 5.91 Å². The first-order valence-electron chi connectivity index (χ1n) is 12.7. The summed E-state index contributed by atoms with van der Waals surface area (Å²) in [5.74, 6) is 0.00301. The summed E-state index contributed by atoms with van der Waals surface area (Å²) in [6.07, 6.45) is 1.44. The van der Waals surface area contributed by atoms with E-state index in [2.05, 4.69) is 10.2 Å². The number of nitrogens with zero attached hydrogens (tertiary/aromatic N) is 2. The molecule has 2 amide bonds. The highest BCUT2D eigenvalue weighted by Crippen LogP contribution is 2.24. The maximum Gasteiger partial charge on any atom is 0.258 e. The first kappa shape index (κ1) is 27.0. The second-order valence-corrected chi connectivity index (χ2v) is 9.40. The zero-order valence-corrected chi connectivity index (χ0v) is 21.7. The van der Waals surface area contributed by atoms with Crippen LogP contribution in [0.3, 0.4) is 0 Å². The number of carbonyl (C=O) groups excluding carboxylic acids is 3. The van der Waals surface area contributed by atoms with Gasteiger partial charge in [-0.05, 0) is 98.7 Å². The van der Waals surface area contributed by atoms with Crippen LogP contribution in [0, 0.1) is 11.7 Å². The second-order valence-electron chi connectivity index (χ2n) is 9.40. The zero-order chi connectivity index (χ0) is 27.1. The van der Waals surface area contributed by atoms with Gasteiger partial charge in [0.05, 0.1) is 7.11 Å². The molecule has 198 valence electrons. The van der Waals surface area contributed by atoms with Crippen LogP contribution >= 0.6 is 0 Å². The fraction of sp³-hybridized carbons (Fsp3) is 0.300. The van der Waals surface area contributed by atoms with Gasteiger partial charge in [0, 0.05) is 48.4 Å². The lowest BCUT2D eigenvalue weighted by atomic mass is 9.89. The van der Waals surface area contributed by atoms with E-state index in [0.717, 1.165) is 31.6 Å². The first-order chi connectivity index (χ1) is 18.3. The Bertz CT molecular complexity index is 1250. The highest BCUT2D eigenvalue weighted by Gasteiger charge is 2.27.